The predicted octanol–water partition coefficient (Wildman–Crippen LogP) is 0.390. The quantitative estimate of drug-likeness (QED) is 0.800. The van der Waals surface area contributed by atoms with Crippen molar-refractivity contribution in [2.45, 2.75) is 33.0 Å². The van der Waals surface area contributed by atoms with Crippen LogP contribution in [0.15, 0.2) is 17.6 Å². The number of fused-ring (bicyclic) bond motifs is 1. The molecule has 2 aliphatic heterocycles. The minimum Gasteiger partial charge on any atom is -0.321 e. The highest BCUT2D eigenvalue weighted by molar-refractivity contribution is 6.04. The Morgan fingerprint density at radius 2 is 2.00 bits per heavy atom. The average molecular weight is 316 g/mol. The molecule has 0 saturated carbocycles. The van der Waals surface area contributed by atoms with Gasteiger partial charge in [-0.05, 0) is 26.3 Å². The SMILES string of the molecule is C=CCN1C(n2nc(C)c(C)c2C)=NC2C1C(=O)NC(=O)N2C. The number of aliphatic imine (C=N–C) groups is 1. The zero-order valence-electron chi connectivity index (χ0n) is 13.7. The molecule has 8 heteroatoms. The minimum absolute atomic E-state index is 0.350. The van der Waals surface area contributed by atoms with Gasteiger partial charge in [0.05, 0.1) is 5.69 Å². The number of nitrogens with zero attached hydrogens (tertiary/aromatic N) is 5. The molecular weight excluding hydrogens is 296 g/mol. The van der Waals surface area contributed by atoms with Gasteiger partial charge in [-0.2, -0.15) is 5.10 Å². The van der Waals surface area contributed by atoms with E-state index < -0.39 is 18.2 Å². The van der Waals surface area contributed by atoms with Gasteiger partial charge in [0, 0.05) is 19.3 Å². The molecule has 23 heavy (non-hydrogen) atoms. The first-order valence-electron chi connectivity index (χ1n) is 7.43. The summed E-state index contributed by atoms with van der Waals surface area (Å²) in [7, 11) is 1.63. The van der Waals surface area contributed by atoms with Crippen molar-refractivity contribution in [3.8, 4) is 0 Å². The van der Waals surface area contributed by atoms with E-state index in [9.17, 15) is 9.59 Å². The lowest BCUT2D eigenvalue weighted by Crippen LogP contribution is -2.63. The molecule has 0 bridgehead atoms. The molecule has 122 valence electrons. The number of urea groups is 1. The summed E-state index contributed by atoms with van der Waals surface area (Å²) >= 11 is 0. The lowest BCUT2D eigenvalue weighted by molar-refractivity contribution is -0.126. The Balaban J connectivity index is 2.10. The summed E-state index contributed by atoms with van der Waals surface area (Å²) in [5, 5.41) is 6.89. The molecule has 0 aromatic carbocycles. The standard InChI is InChI=1S/C15H20N6O2/c1-6-7-20-11-12(19(5)15(23)17-13(11)22)16-14(20)21-10(4)8(2)9(3)18-21/h6,11-12H,1,7H2,2-5H3,(H,17,22,23). The summed E-state index contributed by atoms with van der Waals surface area (Å²) in [6.45, 7) is 10.1. The lowest BCUT2D eigenvalue weighted by Gasteiger charge is -2.35. The third kappa shape index (κ3) is 2.13. The zero-order chi connectivity index (χ0) is 16.9. The maximum Gasteiger partial charge on any atom is 0.325 e. The fourth-order valence-corrected chi connectivity index (χ4v) is 2.94. The number of rotatable bonds is 2. The van der Waals surface area contributed by atoms with Crippen molar-refractivity contribution in [1.82, 2.24) is 24.9 Å². The third-order valence-electron chi connectivity index (χ3n) is 4.51. The first kappa shape index (κ1) is 15.3. The molecule has 3 heterocycles. The Bertz CT molecular complexity index is 735. The van der Waals surface area contributed by atoms with Crippen molar-refractivity contribution < 1.29 is 9.59 Å². The number of aromatic nitrogens is 2. The molecule has 1 aromatic heterocycles. The predicted molar refractivity (Wildman–Crippen MR) is 85.1 cm³/mol. The van der Waals surface area contributed by atoms with Crippen molar-refractivity contribution in [2.75, 3.05) is 13.6 Å². The minimum atomic E-state index is -0.574. The number of likely N-dealkylation sites (N-methyl/N-ethyl adjacent to an activating group) is 1. The summed E-state index contributed by atoms with van der Waals surface area (Å²) in [6, 6.07) is -1.01. The van der Waals surface area contributed by atoms with E-state index in [4.69, 9.17) is 0 Å². The molecule has 3 amide bonds. The van der Waals surface area contributed by atoms with E-state index in [2.05, 4.69) is 22.0 Å². The summed E-state index contributed by atoms with van der Waals surface area (Å²) in [5.41, 5.74) is 2.95. The third-order valence-corrected chi connectivity index (χ3v) is 4.51. The Labute approximate surface area is 134 Å². The van der Waals surface area contributed by atoms with Gasteiger partial charge in [0.15, 0.2) is 12.2 Å². The number of aryl methyl sites for hydroxylation is 1. The van der Waals surface area contributed by atoms with E-state index in [1.807, 2.05) is 25.7 Å². The van der Waals surface area contributed by atoms with Crippen LogP contribution in [-0.2, 0) is 4.79 Å². The molecule has 1 fully saturated rings. The van der Waals surface area contributed by atoms with Crippen molar-refractivity contribution in [3.63, 3.8) is 0 Å². The molecule has 2 atom stereocenters. The summed E-state index contributed by atoms with van der Waals surface area (Å²) in [4.78, 5) is 32.0. The molecule has 1 N–H and O–H groups in total. The maximum absolute atomic E-state index is 12.3. The fraction of sp³-hybridized carbons (Fsp3) is 0.467. The van der Waals surface area contributed by atoms with E-state index in [0.29, 0.717) is 12.5 Å². The van der Waals surface area contributed by atoms with Gasteiger partial charge in [0.2, 0.25) is 5.96 Å². The van der Waals surface area contributed by atoms with Crippen LogP contribution >= 0.6 is 0 Å². The molecule has 0 aliphatic carbocycles. The van der Waals surface area contributed by atoms with E-state index in [1.165, 1.54) is 4.90 Å². The van der Waals surface area contributed by atoms with Crippen molar-refractivity contribution in [3.05, 3.63) is 29.6 Å². The number of imide groups is 1. The van der Waals surface area contributed by atoms with Gasteiger partial charge in [-0.25, -0.2) is 14.5 Å². The molecule has 2 aliphatic rings. The molecule has 8 nitrogen and oxygen atoms in total. The van der Waals surface area contributed by atoms with Crippen LogP contribution in [0.3, 0.4) is 0 Å². The van der Waals surface area contributed by atoms with Crippen LogP contribution in [0, 0.1) is 20.8 Å². The molecule has 2 unspecified atom stereocenters. The molecule has 0 radical (unpaired) electrons. The van der Waals surface area contributed by atoms with Gasteiger partial charge in [-0.1, -0.05) is 6.08 Å². The monoisotopic (exact) mass is 316 g/mol. The van der Waals surface area contributed by atoms with E-state index in [0.717, 1.165) is 17.0 Å². The van der Waals surface area contributed by atoms with Crippen molar-refractivity contribution in [2.24, 2.45) is 4.99 Å². The average Bonchev–Trinajstić information content (AvgIpc) is 2.99. The second-order valence-corrected chi connectivity index (χ2v) is 5.84. The summed E-state index contributed by atoms with van der Waals surface area (Å²) in [5.74, 6) is 0.210. The Morgan fingerprint density at radius 3 is 2.57 bits per heavy atom. The van der Waals surface area contributed by atoms with Crippen LogP contribution in [0.1, 0.15) is 17.0 Å². The van der Waals surface area contributed by atoms with Crippen molar-refractivity contribution >= 4 is 17.9 Å². The molecule has 3 rings (SSSR count). The molecule has 1 aromatic rings. The van der Waals surface area contributed by atoms with E-state index in [1.54, 1.807) is 17.8 Å². The number of amides is 3. The Kier molecular flexibility index (Phi) is 3.46. The smallest absolute Gasteiger partial charge is 0.321 e. The number of carbonyl (C=O) groups is 2. The first-order valence-corrected chi connectivity index (χ1v) is 7.43. The fourth-order valence-electron chi connectivity index (χ4n) is 2.94. The second kappa shape index (κ2) is 5.22. The first-order chi connectivity index (χ1) is 10.9. The zero-order valence-corrected chi connectivity index (χ0v) is 13.7. The largest absolute Gasteiger partial charge is 0.325 e. The van der Waals surface area contributed by atoms with Crippen LogP contribution in [0.25, 0.3) is 0 Å². The van der Waals surface area contributed by atoms with Gasteiger partial charge in [-0.3, -0.25) is 10.1 Å². The number of carbonyl (C=O) groups excluding carboxylic acids is 2. The highest BCUT2D eigenvalue weighted by atomic mass is 16.2. The van der Waals surface area contributed by atoms with E-state index >= 15 is 0 Å². The Morgan fingerprint density at radius 1 is 1.30 bits per heavy atom. The topological polar surface area (TPSA) is 82.8 Å². The number of nitrogens with one attached hydrogen (secondary N) is 1. The van der Waals surface area contributed by atoms with Crippen LogP contribution in [0.4, 0.5) is 4.79 Å². The highest BCUT2D eigenvalue weighted by Crippen LogP contribution is 2.25. The van der Waals surface area contributed by atoms with Crippen LogP contribution in [0.2, 0.25) is 0 Å². The normalized spacial score (nSPS) is 23.7. The van der Waals surface area contributed by atoms with Crippen LogP contribution in [0.5, 0.6) is 0 Å². The number of hydrogen-bond acceptors (Lipinski definition) is 5. The Hall–Kier alpha value is -2.64. The highest BCUT2D eigenvalue weighted by Gasteiger charge is 2.49. The maximum atomic E-state index is 12.3. The van der Waals surface area contributed by atoms with Crippen LogP contribution in [-0.4, -0.2) is 63.3 Å². The van der Waals surface area contributed by atoms with Crippen molar-refractivity contribution in [1.29, 1.82) is 0 Å². The summed E-state index contributed by atoms with van der Waals surface area (Å²) < 4.78 is 1.73. The molecule has 1 saturated heterocycles. The summed E-state index contributed by atoms with van der Waals surface area (Å²) in [6.07, 6.45) is 1.15. The van der Waals surface area contributed by atoms with Gasteiger partial charge >= 0.3 is 6.03 Å². The van der Waals surface area contributed by atoms with Gasteiger partial charge in [0.25, 0.3) is 5.91 Å². The van der Waals surface area contributed by atoms with Gasteiger partial charge < -0.3 is 9.80 Å². The van der Waals surface area contributed by atoms with Gasteiger partial charge in [0.1, 0.15) is 0 Å². The van der Waals surface area contributed by atoms with Crippen LogP contribution < -0.4 is 5.32 Å². The van der Waals surface area contributed by atoms with Gasteiger partial charge in [-0.15, -0.1) is 6.58 Å². The lowest BCUT2D eigenvalue weighted by atomic mass is 10.1. The second-order valence-electron chi connectivity index (χ2n) is 5.84. The number of hydrogen-bond donors (Lipinski definition) is 1. The molecule has 0 spiro atoms. The van der Waals surface area contributed by atoms with E-state index in [-0.39, 0.29) is 5.91 Å². The molecular formula is C15H20N6O2.